The highest BCUT2D eigenvalue weighted by atomic mass is 32.2. The number of nitrogens with one attached hydrogen (secondary N) is 1. The average Bonchev–Trinajstić information content (AvgIpc) is 2.84. The maximum absolute atomic E-state index is 13.4. The molecule has 0 radical (unpaired) electrons. The van der Waals surface area contributed by atoms with E-state index in [0.717, 1.165) is 17.8 Å². The summed E-state index contributed by atoms with van der Waals surface area (Å²) in [7, 11) is 1.37. The van der Waals surface area contributed by atoms with Crippen LogP contribution in [-0.4, -0.2) is 46.4 Å². The molecule has 0 heterocycles. The Morgan fingerprint density at radius 3 is 2.34 bits per heavy atom. The third-order valence-corrected chi connectivity index (χ3v) is 7.30. The smallest absolute Gasteiger partial charge is 0.259 e. The average molecular weight is 500 g/mol. The first-order valence-corrected chi connectivity index (χ1v) is 12.6. The first-order valence-electron chi connectivity index (χ1n) is 11.2. The van der Waals surface area contributed by atoms with Gasteiger partial charge in [-0.2, -0.15) is 4.31 Å². The van der Waals surface area contributed by atoms with Crippen molar-refractivity contribution in [3.8, 4) is 5.75 Å². The van der Waals surface area contributed by atoms with Gasteiger partial charge < -0.3 is 15.0 Å². The zero-order valence-corrected chi connectivity index (χ0v) is 21.1. The number of hydrogen-bond donors (Lipinski definition) is 1. The van der Waals surface area contributed by atoms with Crippen LogP contribution in [0.2, 0.25) is 0 Å². The molecule has 0 aliphatic rings. The summed E-state index contributed by atoms with van der Waals surface area (Å²) in [5, 5.41) is 2.87. The summed E-state index contributed by atoms with van der Waals surface area (Å²) in [5.41, 5.74) is 2.44. The highest BCUT2D eigenvalue weighted by Crippen LogP contribution is 2.28. The van der Waals surface area contributed by atoms with Gasteiger partial charge in [0.1, 0.15) is 11.6 Å². The zero-order chi connectivity index (χ0) is 25.6. The minimum Gasteiger partial charge on any atom is -0.496 e. The molecule has 35 heavy (non-hydrogen) atoms. The van der Waals surface area contributed by atoms with Gasteiger partial charge >= 0.3 is 0 Å². The van der Waals surface area contributed by atoms with Crippen molar-refractivity contribution in [2.45, 2.75) is 24.8 Å². The normalized spacial score (nSPS) is 11.4. The number of hydrogen-bond acceptors (Lipinski definition) is 5. The maximum atomic E-state index is 13.4. The number of carbonyl (C=O) groups is 1. The van der Waals surface area contributed by atoms with Crippen LogP contribution in [0.15, 0.2) is 71.6 Å². The van der Waals surface area contributed by atoms with Crippen LogP contribution >= 0.6 is 0 Å². The van der Waals surface area contributed by atoms with Crippen molar-refractivity contribution in [1.82, 2.24) is 4.31 Å². The molecule has 0 aliphatic carbocycles. The molecule has 0 unspecified atom stereocenters. The molecule has 7 nitrogen and oxygen atoms in total. The van der Waals surface area contributed by atoms with Crippen molar-refractivity contribution in [2.75, 3.05) is 38.0 Å². The lowest BCUT2D eigenvalue weighted by Crippen LogP contribution is -2.32. The van der Waals surface area contributed by atoms with Crippen molar-refractivity contribution < 1.29 is 22.3 Å². The second kappa shape index (κ2) is 11.3. The lowest BCUT2D eigenvalue weighted by molar-refractivity contribution is 0.102. The number of ether oxygens (including phenoxy) is 1. The van der Waals surface area contributed by atoms with Crippen molar-refractivity contribution in [3.05, 3.63) is 83.7 Å². The fourth-order valence-corrected chi connectivity index (χ4v) is 5.25. The number of nitrogens with zero attached hydrogens (tertiary/aromatic N) is 2. The number of sulfonamides is 1. The fraction of sp³-hybridized carbons (Fsp3) is 0.269. The van der Waals surface area contributed by atoms with E-state index < -0.39 is 15.8 Å². The molecule has 0 bridgehead atoms. The van der Waals surface area contributed by atoms with Gasteiger partial charge in [-0.05, 0) is 66.6 Å². The molecule has 0 atom stereocenters. The lowest BCUT2D eigenvalue weighted by Gasteiger charge is -2.25. The lowest BCUT2D eigenvalue weighted by atomic mass is 10.1. The highest BCUT2D eigenvalue weighted by Gasteiger charge is 2.25. The Labute approximate surface area is 206 Å². The van der Waals surface area contributed by atoms with E-state index in [2.05, 4.69) is 5.32 Å². The van der Waals surface area contributed by atoms with Gasteiger partial charge in [-0.1, -0.05) is 19.1 Å². The van der Waals surface area contributed by atoms with E-state index in [1.165, 1.54) is 23.5 Å². The molecule has 0 saturated heterocycles. The van der Waals surface area contributed by atoms with Gasteiger partial charge in [0.15, 0.2) is 0 Å². The molecule has 0 fully saturated rings. The number of halogens is 1. The van der Waals surface area contributed by atoms with Gasteiger partial charge in [0.05, 0.1) is 17.6 Å². The standard InChI is InChI=1S/C26H30FN3O4S/c1-5-16-30(35(32,33)22-13-10-20(27)11-14-22)18-19-17-21(12-15-24(19)29(2)3)28-26(31)23-8-6-7-9-25(23)34-4/h6-15,17H,5,16,18H2,1-4H3,(H,28,31). The summed E-state index contributed by atoms with van der Waals surface area (Å²) in [6.07, 6.45) is 0.599. The van der Waals surface area contributed by atoms with Crippen molar-refractivity contribution in [3.63, 3.8) is 0 Å². The van der Waals surface area contributed by atoms with Gasteiger partial charge in [0.2, 0.25) is 10.0 Å². The molecule has 0 aromatic heterocycles. The number of amides is 1. The summed E-state index contributed by atoms with van der Waals surface area (Å²) >= 11 is 0. The molecule has 186 valence electrons. The molecule has 3 aromatic rings. The summed E-state index contributed by atoms with van der Waals surface area (Å²) in [5.74, 6) is -0.385. The minimum atomic E-state index is -3.86. The second-order valence-electron chi connectivity index (χ2n) is 8.18. The quantitative estimate of drug-likeness (QED) is 0.435. The van der Waals surface area contributed by atoms with Crippen LogP contribution < -0.4 is 15.0 Å². The predicted octanol–water partition coefficient (Wildman–Crippen LogP) is 4.75. The minimum absolute atomic E-state index is 0.0272. The Hall–Kier alpha value is -3.43. The van der Waals surface area contributed by atoms with Crippen molar-refractivity contribution >= 4 is 27.3 Å². The molecule has 0 spiro atoms. The van der Waals surface area contributed by atoms with Crippen LogP contribution in [0.1, 0.15) is 29.3 Å². The molecule has 1 N–H and O–H groups in total. The number of carbonyl (C=O) groups excluding carboxylic acids is 1. The van der Waals surface area contributed by atoms with E-state index >= 15 is 0 Å². The summed E-state index contributed by atoms with van der Waals surface area (Å²) in [4.78, 5) is 14.8. The van der Waals surface area contributed by atoms with Crippen LogP contribution in [0.3, 0.4) is 0 Å². The molecule has 1 amide bonds. The van der Waals surface area contributed by atoms with E-state index in [0.29, 0.717) is 29.0 Å². The first kappa shape index (κ1) is 26.2. The Kier molecular flexibility index (Phi) is 8.48. The molecular weight excluding hydrogens is 469 g/mol. The summed E-state index contributed by atoms with van der Waals surface area (Å²) < 4.78 is 46.7. The predicted molar refractivity (Wildman–Crippen MR) is 136 cm³/mol. The van der Waals surface area contributed by atoms with Crippen LogP contribution in [0.5, 0.6) is 5.75 Å². The van der Waals surface area contributed by atoms with E-state index in [9.17, 15) is 17.6 Å². The summed E-state index contributed by atoms with van der Waals surface area (Å²) in [6.45, 7) is 2.26. The Balaban J connectivity index is 1.95. The first-order chi connectivity index (χ1) is 16.7. The van der Waals surface area contributed by atoms with E-state index in [4.69, 9.17) is 4.74 Å². The zero-order valence-electron chi connectivity index (χ0n) is 20.3. The van der Waals surface area contributed by atoms with Gasteiger partial charge in [0.25, 0.3) is 5.91 Å². The molecule has 3 aromatic carbocycles. The fourth-order valence-electron chi connectivity index (χ4n) is 3.74. The van der Waals surface area contributed by atoms with Crippen LogP contribution in [0.25, 0.3) is 0 Å². The largest absolute Gasteiger partial charge is 0.496 e. The molecule has 0 saturated carbocycles. The van der Waals surface area contributed by atoms with Crippen LogP contribution in [0.4, 0.5) is 15.8 Å². The third-order valence-electron chi connectivity index (χ3n) is 5.44. The van der Waals surface area contributed by atoms with E-state index in [1.807, 2.05) is 32.0 Å². The van der Waals surface area contributed by atoms with Crippen molar-refractivity contribution in [1.29, 1.82) is 0 Å². The molecular formula is C26H30FN3O4S. The molecule has 9 heteroatoms. The summed E-state index contributed by atoms with van der Waals surface area (Å²) in [6, 6.07) is 17.1. The van der Waals surface area contributed by atoms with E-state index in [1.54, 1.807) is 36.4 Å². The highest BCUT2D eigenvalue weighted by molar-refractivity contribution is 7.89. The second-order valence-corrected chi connectivity index (χ2v) is 10.1. The number of rotatable bonds is 10. The number of benzene rings is 3. The SMILES string of the molecule is CCCN(Cc1cc(NC(=O)c2ccccc2OC)ccc1N(C)C)S(=O)(=O)c1ccc(F)cc1. The topological polar surface area (TPSA) is 79.0 Å². The monoisotopic (exact) mass is 499 g/mol. The number of anilines is 2. The molecule has 3 rings (SSSR count). The van der Waals surface area contributed by atoms with Gasteiger partial charge in [0, 0.05) is 38.6 Å². The van der Waals surface area contributed by atoms with Crippen LogP contribution in [-0.2, 0) is 16.6 Å². The maximum Gasteiger partial charge on any atom is 0.259 e. The van der Waals surface area contributed by atoms with Gasteiger partial charge in [-0.3, -0.25) is 4.79 Å². The van der Waals surface area contributed by atoms with Gasteiger partial charge in [-0.25, -0.2) is 12.8 Å². The van der Waals surface area contributed by atoms with E-state index in [-0.39, 0.29) is 23.9 Å². The molecule has 0 aliphatic heterocycles. The third kappa shape index (κ3) is 6.17. The van der Waals surface area contributed by atoms with Crippen LogP contribution in [0, 0.1) is 5.82 Å². The Bertz CT molecular complexity index is 1280. The number of methoxy groups -OCH3 is 1. The number of para-hydroxylation sites is 1. The Morgan fingerprint density at radius 1 is 1.03 bits per heavy atom. The Morgan fingerprint density at radius 2 is 1.71 bits per heavy atom. The van der Waals surface area contributed by atoms with Gasteiger partial charge in [-0.15, -0.1) is 0 Å². The van der Waals surface area contributed by atoms with Crippen molar-refractivity contribution in [2.24, 2.45) is 0 Å².